The number of nitrogens with zero attached hydrogens (tertiary/aromatic N) is 3. The quantitative estimate of drug-likeness (QED) is 0.440. The number of hydrogen-bond donors (Lipinski definition) is 2. The van der Waals surface area contributed by atoms with Gasteiger partial charge in [0.1, 0.15) is 17.5 Å². The topological polar surface area (TPSA) is 120 Å². The number of halogens is 1. The van der Waals surface area contributed by atoms with Gasteiger partial charge in [0.2, 0.25) is 11.8 Å². The molecule has 1 aromatic carbocycles. The molecule has 3 rings (SSSR count). The fraction of sp³-hybridized carbons (Fsp3) is 0.667. The third kappa shape index (κ3) is 9.58. The molecule has 1 saturated heterocycles. The molecule has 234 valence electrons. The molecule has 2 fully saturated rings. The number of carbonyl (C=O) groups excluding carboxylic acids is 4. The van der Waals surface area contributed by atoms with E-state index < -0.39 is 45.4 Å². The van der Waals surface area contributed by atoms with Gasteiger partial charge in [-0.25, -0.2) is 9.18 Å². The highest BCUT2D eigenvalue weighted by molar-refractivity contribution is 8.03. The highest BCUT2D eigenvalue weighted by Crippen LogP contribution is 2.28. The fourth-order valence-corrected chi connectivity index (χ4v) is 6.81. The molecule has 0 aromatic heterocycles. The summed E-state index contributed by atoms with van der Waals surface area (Å²) in [5.74, 6) is -1.66. The van der Waals surface area contributed by atoms with Crippen molar-refractivity contribution in [1.82, 2.24) is 15.1 Å². The molecule has 3 atom stereocenters. The molecule has 12 heteroatoms. The number of ether oxygens (including phenoxy) is 1. The lowest BCUT2D eigenvalue weighted by Gasteiger charge is -2.36. The molecule has 4 amide bonds. The van der Waals surface area contributed by atoms with Crippen molar-refractivity contribution in [2.75, 3.05) is 38.5 Å². The Labute approximate surface area is 251 Å². The largest absolute Gasteiger partial charge is 0.442 e. The summed E-state index contributed by atoms with van der Waals surface area (Å²) in [6.07, 6.45) is 3.87. The second kappa shape index (κ2) is 15.0. The number of hydrogen-bond acceptors (Lipinski definition) is 6. The van der Waals surface area contributed by atoms with Gasteiger partial charge in [-0.2, -0.15) is 0 Å². The lowest BCUT2D eigenvalue weighted by Crippen LogP contribution is -2.55. The highest BCUT2D eigenvalue weighted by Gasteiger charge is 2.33. The predicted molar refractivity (Wildman–Crippen MR) is 163 cm³/mol. The molecule has 0 bridgehead atoms. The van der Waals surface area contributed by atoms with Crippen molar-refractivity contribution in [3.8, 4) is 0 Å². The maximum atomic E-state index is 15.4. The smallest absolute Gasteiger partial charge is 0.440 e. The van der Waals surface area contributed by atoms with Gasteiger partial charge in [-0.1, -0.05) is 39.2 Å². The Hall–Kier alpha value is -2.86. The van der Waals surface area contributed by atoms with Gasteiger partial charge in [-0.05, 0) is 58.4 Å². The van der Waals surface area contributed by atoms with E-state index in [1.165, 1.54) is 12.1 Å². The SMILES string of the molecule is CCC(=O)N[C@@H](C(=O)N1CCN(C)CC1)[C@@H](C)c1ccc(NC(=O)/[S@@](=N/C(=O)OC(C)(C)C)C2CCCCC2)c(F)c1. The van der Waals surface area contributed by atoms with Crippen LogP contribution in [0.2, 0.25) is 0 Å². The molecule has 0 radical (unpaired) electrons. The van der Waals surface area contributed by atoms with Gasteiger partial charge in [0.15, 0.2) is 0 Å². The number of carbonyl (C=O) groups is 4. The van der Waals surface area contributed by atoms with E-state index in [4.69, 9.17) is 4.74 Å². The Bertz CT molecular complexity index is 1170. The van der Waals surface area contributed by atoms with E-state index in [1.807, 2.05) is 7.05 Å². The van der Waals surface area contributed by atoms with Crippen LogP contribution in [0.15, 0.2) is 22.6 Å². The minimum atomic E-state index is -1.34. The monoisotopic (exact) mass is 607 g/mol. The Morgan fingerprint density at radius 1 is 1.10 bits per heavy atom. The van der Waals surface area contributed by atoms with Gasteiger partial charge in [0.25, 0.3) is 5.24 Å². The molecule has 1 heterocycles. The Kier molecular flexibility index (Phi) is 12.0. The number of benzene rings is 1. The van der Waals surface area contributed by atoms with Crippen molar-refractivity contribution < 1.29 is 28.3 Å². The van der Waals surface area contributed by atoms with Crippen LogP contribution in [0.1, 0.15) is 84.6 Å². The van der Waals surface area contributed by atoms with Gasteiger partial charge in [-0.3, -0.25) is 14.4 Å². The Balaban J connectivity index is 1.81. The second-order valence-corrected chi connectivity index (χ2v) is 14.0. The van der Waals surface area contributed by atoms with Gasteiger partial charge >= 0.3 is 6.09 Å². The number of amides is 4. The summed E-state index contributed by atoms with van der Waals surface area (Å²) in [6.45, 7) is 11.3. The fourth-order valence-electron chi connectivity index (χ4n) is 5.09. The average molecular weight is 608 g/mol. The molecular weight excluding hydrogens is 561 g/mol. The van der Waals surface area contributed by atoms with Gasteiger partial charge < -0.3 is 25.2 Å². The Morgan fingerprint density at radius 2 is 1.74 bits per heavy atom. The minimum Gasteiger partial charge on any atom is -0.442 e. The first-order valence-corrected chi connectivity index (χ1v) is 16.1. The molecule has 2 N–H and O–H groups in total. The maximum absolute atomic E-state index is 15.4. The first-order chi connectivity index (χ1) is 19.8. The van der Waals surface area contributed by atoms with Crippen LogP contribution in [0.3, 0.4) is 0 Å². The zero-order valence-corrected chi connectivity index (χ0v) is 26.5. The van der Waals surface area contributed by atoms with Crippen molar-refractivity contribution in [2.45, 2.75) is 96.0 Å². The Morgan fingerprint density at radius 3 is 2.31 bits per heavy atom. The average Bonchev–Trinajstić information content (AvgIpc) is 2.94. The molecule has 1 aliphatic heterocycles. The van der Waals surface area contributed by atoms with Crippen LogP contribution in [0.25, 0.3) is 0 Å². The third-order valence-electron chi connectivity index (χ3n) is 7.60. The molecule has 1 saturated carbocycles. The standard InChI is InChI=1S/C30H46FN5O5S/c1-7-25(37)33-26(27(38)36-17-15-35(6)16-18-36)20(2)21-13-14-24(23(31)19-21)32-29(40)42(22-11-9-8-10-12-22)34-28(39)41-30(3,4)5/h13-14,19-20,22,26H,7-12,15-18H2,1-6H3,(H,32,40)(H,33,37)/t20-,26+,42-/m0/s1. The van der Waals surface area contributed by atoms with Crippen molar-refractivity contribution >= 4 is 39.5 Å². The maximum Gasteiger partial charge on any atom is 0.440 e. The molecule has 10 nitrogen and oxygen atoms in total. The van der Waals surface area contributed by atoms with Crippen LogP contribution in [0.4, 0.5) is 19.7 Å². The molecule has 1 aromatic rings. The number of anilines is 1. The molecule has 2 aliphatic rings. The lowest BCUT2D eigenvalue weighted by atomic mass is 9.91. The van der Waals surface area contributed by atoms with Crippen LogP contribution in [0, 0.1) is 5.82 Å². The van der Waals surface area contributed by atoms with Crippen molar-refractivity contribution in [1.29, 1.82) is 0 Å². The number of nitrogens with one attached hydrogen (secondary N) is 2. The normalized spacial score (nSPS) is 19.1. The van der Waals surface area contributed by atoms with E-state index in [0.717, 1.165) is 45.2 Å². The third-order valence-corrected chi connectivity index (χ3v) is 9.53. The van der Waals surface area contributed by atoms with E-state index in [9.17, 15) is 19.2 Å². The molecule has 0 unspecified atom stereocenters. The summed E-state index contributed by atoms with van der Waals surface area (Å²) in [6, 6.07) is 3.53. The van der Waals surface area contributed by atoms with Crippen molar-refractivity contribution in [3.63, 3.8) is 0 Å². The van der Waals surface area contributed by atoms with Crippen LogP contribution >= 0.6 is 0 Å². The van der Waals surface area contributed by atoms with Gasteiger partial charge in [-0.15, -0.1) is 4.36 Å². The summed E-state index contributed by atoms with van der Waals surface area (Å²) < 4.78 is 24.9. The molecule has 0 spiro atoms. The van der Waals surface area contributed by atoms with Gasteiger partial charge in [0, 0.05) is 54.5 Å². The lowest BCUT2D eigenvalue weighted by molar-refractivity contribution is -0.138. The summed E-state index contributed by atoms with van der Waals surface area (Å²) in [5, 5.41) is 4.82. The zero-order chi connectivity index (χ0) is 31.0. The van der Waals surface area contributed by atoms with E-state index in [0.29, 0.717) is 18.7 Å². The summed E-state index contributed by atoms with van der Waals surface area (Å²) in [5.41, 5.74) is -0.278. The number of likely N-dealkylation sites (N-methyl/N-ethyl adjacent to an activating group) is 1. The highest BCUT2D eigenvalue weighted by atomic mass is 32.2. The molecule has 42 heavy (non-hydrogen) atoms. The van der Waals surface area contributed by atoms with Crippen molar-refractivity contribution in [3.05, 3.63) is 29.6 Å². The van der Waals surface area contributed by atoms with Crippen molar-refractivity contribution in [2.24, 2.45) is 4.36 Å². The van der Waals surface area contributed by atoms with Crippen LogP contribution in [-0.4, -0.2) is 83.1 Å². The first-order valence-electron chi connectivity index (χ1n) is 14.8. The van der Waals surface area contributed by atoms with Crippen LogP contribution < -0.4 is 10.6 Å². The molecule has 1 aliphatic carbocycles. The van der Waals surface area contributed by atoms with E-state index in [-0.39, 0.29) is 29.2 Å². The number of piperazine rings is 1. The second-order valence-electron chi connectivity index (χ2n) is 12.1. The zero-order valence-electron chi connectivity index (χ0n) is 25.7. The minimum absolute atomic E-state index is 0.0387. The van der Waals surface area contributed by atoms with E-state index >= 15 is 4.39 Å². The summed E-state index contributed by atoms with van der Waals surface area (Å²) in [4.78, 5) is 55.5. The molecular formula is C30H46FN5O5S. The first kappa shape index (κ1) is 33.6. The summed E-state index contributed by atoms with van der Waals surface area (Å²) in [7, 11) is 0.656. The summed E-state index contributed by atoms with van der Waals surface area (Å²) >= 11 is 0. The van der Waals surface area contributed by atoms with Gasteiger partial charge in [0.05, 0.1) is 5.69 Å². The predicted octanol–water partition coefficient (Wildman–Crippen LogP) is 5.20. The number of rotatable bonds is 7. The van der Waals surface area contributed by atoms with E-state index in [2.05, 4.69) is 19.9 Å². The van der Waals surface area contributed by atoms with Crippen LogP contribution in [0.5, 0.6) is 0 Å². The van der Waals surface area contributed by atoms with E-state index in [1.54, 1.807) is 45.6 Å². The van der Waals surface area contributed by atoms with Crippen LogP contribution in [-0.2, 0) is 25.0 Å².